The second-order valence-electron chi connectivity index (χ2n) is 3.09. The molecule has 64 valence electrons. The summed E-state index contributed by atoms with van der Waals surface area (Å²) < 4.78 is 1.27. The Labute approximate surface area is 81.2 Å². The molecule has 2 heteroatoms. The molecule has 0 aliphatic carbocycles. The van der Waals surface area contributed by atoms with E-state index < -0.39 is 0 Å². The smallest absolute Gasteiger partial charge is 0.0696 e. The average Bonchev–Trinajstić information content (AvgIpc) is 2.46. The first-order chi connectivity index (χ1) is 6.29. The van der Waals surface area contributed by atoms with Crippen LogP contribution in [0.25, 0.3) is 10.1 Å². The Morgan fingerprint density at radius 2 is 2.23 bits per heavy atom. The summed E-state index contributed by atoms with van der Waals surface area (Å²) in [6.45, 7) is 2.08. The van der Waals surface area contributed by atoms with Crippen LogP contribution in [0.3, 0.4) is 0 Å². The lowest BCUT2D eigenvalue weighted by Gasteiger charge is -1.89. The molecule has 0 aliphatic heterocycles. The Kier molecular flexibility index (Phi) is 2.03. The molecule has 0 atom stereocenters. The topological polar surface area (TPSA) is 23.8 Å². The molecule has 0 saturated heterocycles. The maximum absolute atomic E-state index is 8.56. The zero-order valence-corrected chi connectivity index (χ0v) is 8.19. The first kappa shape index (κ1) is 8.28. The lowest BCUT2D eigenvalue weighted by molar-refractivity contribution is 1.32. The van der Waals surface area contributed by atoms with Crippen LogP contribution in [0.1, 0.15) is 10.4 Å². The van der Waals surface area contributed by atoms with E-state index in [1.807, 2.05) is 0 Å². The number of fused-ring (bicyclic) bond motifs is 1. The molecule has 1 nitrogen and oxygen atoms in total. The largest absolute Gasteiger partial charge is 0.198 e. The van der Waals surface area contributed by atoms with Gasteiger partial charge in [-0.25, -0.2) is 0 Å². The van der Waals surface area contributed by atoms with Crippen molar-refractivity contribution in [1.29, 1.82) is 5.26 Å². The van der Waals surface area contributed by atoms with Gasteiger partial charge in [0, 0.05) is 9.58 Å². The van der Waals surface area contributed by atoms with Gasteiger partial charge in [0.2, 0.25) is 0 Å². The van der Waals surface area contributed by atoms with Gasteiger partial charge in [-0.2, -0.15) is 5.26 Å². The van der Waals surface area contributed by atoms with Crippen LogP contribution in [0, 0.1) is 18.3 Å². The average molecular weight is 187 g/mol. The van der Waals surface area contributed by atoms with Gasteiger partial charge in [-0.05, 0) is 24.4 Å². The third-order valence-electron chi connectivity index (χ3n) is 1.98. The second-order valence-corrected chi connectivity index (χ2v) is 4.26. The van der Waals surface area contributed by atoms with Gasteiger partial charge in [-0.15, -0.1) is 11.3 Å². The number of rotatable bonds is 1. The summed E-state index contributed by atoms with van der Waals surface area (Å²) in [5.41, 5.74) is 1.27. The van der Waals surface area contributed by atoms with E-state index in [-0.39, 0.29) is 0 Å². The first-order valence-electron chi connectivity index (χ1n) is 4.15. The lowest BCUT2D eigenvalue weighted by atomic mass is 10.2. The minimum atomic E-state index is 0.526. The normalized spacial score (nSPS) is 10.2. The molecule has 0 bridgehead atoms. The summed E-state index contributed by atoms with van der Waals surface area (Å²) in [5, 5.41) is 9.82. The van der Waals surface area contributed by atoms with E-state index in [9.17, 15) is 0 Å². The van der Waals surface area contributed by atoms with Gasteiger partial charge >= 0.3 is 0 Å². The monoisotopic (exact) mass is 187 g/mol. The number of hydrogen-bond donors (Lipinski definition) is 0. The number of benzene rings is 1. The molecular formula is C11H9NS. The highest BCUT2D eigenvalue weighted by atomic mass is 32.1. The Hall–Kier alpha value is -1.33. The van der Waals surface area contributed by atoms with E-state index >= 15 is 0 Å². The third kappa shape index (κ3) is 1.56. The van der Waals surface area contributed by atoms with Crippen LogP contribution < -0.4 is 0 Å². The highest BCUT2D eigenvalue weighted by Crippen LogP contribution is 2.26. The summed E-state index contributed by atoms with van der Waals surface area (Å²) in [6.07, 6.45) is 0.526. The molecule has 1 aromatic heterocycles. The molecule has 0 aliphatic rings. The van der Waals surface area contributed by atoms with E-state index in [0.29, 0.717) is 6.42 Å². The molecule has 0 unspecified atom stereocenters. The van der Waals surface area contributed by atoms with Gasteiger partial charge in [0.1, 0.15) is 0 Å². The maximum Gasteiger partial charge on any atom is 0.0696 e. The molecule has 13 heavy (non-hydrogen) atoms. The fourth-order valence-electron chi connectivity index (χ4n) is 1.38. The number of nitrogens with zero attached hydrogens (tertiary/aromatic N) is 1. The van der Waals surface area contributed by atoms with E-state index in [0.717, 1.165) is 4.88 Å². The van der Waals surface area contributed by atoms with Gasteiger partial charge < -0.3 is 0 Å². The minimum Gasteiger partial charge on any atom is -0.198 e. The maximum atomic E-state index is 8.56. The van der Waals surface area contributed by atoms with Crippen LogP contribution in [-0.2, 0) is 6.42 Å². The molecule has 0 radical (unpaired) electrons. The van der Waals surface area contributed by atoms with E-state index in [1.54, 1.807) is 11.3 Å². The third-order valence-corrected chi connectivity index (χ3v) is 3.09. The standard InChI is InChI=1S/C11H9NS/c1-8-2-3-11-9(6-8)7-10(13-11)4-5-12/h2-3,6-7H,4H2,1H3. The summed E-state index contributed by atoms with van der Waals surface area (Å²) in [4.78, 5) is 1.16. The van der Waals surface area contributed by atoms with Crippen molar-refractivity contribution in [2.24, 2.45) is 0 Å². The fraction of sp³-hybridized carbons (Fsp3) is 0.182. The minimum absolute atomic E-state index is 0.526. The molecule has 0 amide bonds. The van der Waals surface area contributed by atoms with Crippen molar-refractivity contribution < 1.29 is 0 Å². The van der Waals surface area contributed by atoms with Gasteiger partial charge in [-0.3, -0.25) is 0 Å². The molecule has 0 spiro atoms. The van der Waals surface area contributed by atoms with Crippen molar-refractivity contribution in [3.8, 4) is 6.07 Å². The van der Waals surface area contributed by atoms with Crippen molar-refractivity contribution in [1.82, 2.24) is 0 Å². The summed E-state index contributed by atoms with van der Waals surface area (Å²) in [7, 11) is 0. The molecule has 1 aromatic carbocycles. The predicted octanol–water partition coefficient (Wildman–Crippen LogP) is 3.28. The van der Waals surface area contributed by atoms with Crippen LogP contribution in [-0.4, -0.2) is 0 Å². The summed E-state index contributed by atoms with van der Waals surface area (Å²) in [6, 6.07) is 10.7. The molecule has 0 saturated carbocycles. The highest BCUT2D eigenvalue weighted by Gasteiger charge is 2.00. The zero-order chi connectivity index (χ0) is 9.26. The van der Waals surface area contributed by atoms with Crippen molar-refractivity contribution >= 4 is 21.4 Å². The fourth-order valence-corrected chi connectivity index (χ4v) is 2.36. The molecule has 2 aromatic rings. The summed E-state index contributed by atoms with van der Waals surface area (Å²) >= 11 is 1.71. The van der Waals surface area contributed by atoms with Crippen LogP contribution in [0.4, 0.5) is 0 Å². The summed E-state index contributed by atoms with van der Waals surface area (Å²) in [5.74, 6) is 0. The Balaban J connectivity index is 2.57. The van der Waals surface area contributed by atoms with Crippen molar-refractivity contribution in [2.75, 3.05) is 0 Å². The molecule has 0 fully saturated rings. The van der Waals surface area contributed by atoms with Crippen molar-refractivity contribution in [2.45, 2.75) is 13.3 Å². The molecular weight excluding hydrogens is 178 g/mol. The quantitative estimate of drug-likeness (QED) is 0.672. The van der Waals surface area contributed by atoms with Gasteiger partial charge in [-0.1, -0.05) is 17.7 Å². The lowest BCUT2D eigenvalue weighted by Crippen LogP contribution is -1.69. The molecule has 2 rings (SSSR count). The van der Waals surface area contributed by atoms with Gasteiger partial charge in [0.15, 0.2) is 0 Å². The SMILES string of the molecule is Cc1ccc2sc(CC#N)cc2c1. The first-order valence-corrected chi connectivity index (χ1v) is 4.97. The van der Waals surface area contributed by atoms with E-state index in [4.69, 9.17) is 5.26 Å². The highest BCUT2D eigenvalue weighted by molar-refractivity contribution is 7.19. The van der Waals surface area contributed by atoms with Crippen molar-refractivity contribution in [3.63, 3.8) is 0 Å². The number of nitriles is 1. The Morgan fingerprint density at radius 3 is 3.00 bits per heavy atom. The van der Waals surface area contributed by atoms with Crippen molar-refractivity contribution in [3.05, 3.63) is 34.7 Å². The molecule has 0 N–H and O–H groups in total. The second kappa shape index (κ2) is 3.20. The molecule has 1 heterocycles. The number of hydrogen-bond acceptors (Lipinski definition) is 2. The van der Waals surface area contributed by atoms with Crippen LogP contribution in [0.15, 0.2) is 24.3 Å². The predicted molar refractivity (Wildman–Crippen MR) is 55.9 cm³/mol. The van der Waals surface area contributed by atoms with Gasteiger partial charge in [0.05, 0.1) is 12.5 Å². The van der Waals surface area contributed by atoms with Crippen LogP contribution >= 0.6 is 11.3 Å². The Bertz CT molecular complexity index is 476. The van der Waals surface area contributed by atoms with Crippen LogP contribution in [0.5, 0.6) is 0 Å². The zero-order valence-electron chi connectivity index (χ0n) is 7.37. The Morgan fingerprint density at radius 1 is 1.38 bits per heavy atom. The number of aryl methyl sites for hydroxylation is 1. The van der Waals surface area contributed by atoms with E-state index in [1.165, 1.54) is 15.6 Å². The van der Waals surface area contributed by atoms with E-state index in [2.05, 4.69) is 37.3 Å². The van der Waals surface area contributed by atoms with Crippen LogP contribution in [0.2, 0.25) is 0 Å². The van der Waals surface area contributed by atoms with Gasteiger partial charge in [0.25, 0.3) is 0 Å². The number of thiophene rings is 1.